The molecule has 0 radical (unpaired) electrons. The van der Waals surface area contributed by atoms with Crippen molar-refractivity contribution in [2.45, 2.75) is 19.3 Å². The fourth-order valence-electron chi connectivity index (χ4n) is 5.56. The highest BCUT2D eigenvalue weighted by Gasteiger charge is 2.31. The summed E-state index contributed by atoms with van der Waals surface area (Å²) in [7, 11) is 1.64. The topological polar surface area (TPSA) is 141 Å². The molecule has 3 aliphatic heterocycles. The van der Waals surface area contributed by atoms with Gasteiger partial charge in [0.1, 0.15) is 5.52 Å². The van der Waals surface area contributed by atoms with E-state index in [0.29, 0.717) is 54.5 Å². The van der Waals surface area contributed by atoms with Gasteiger partial charge in [-0.2, -0.15) is 5.10 Å². The molecular weight excluding hydrogens is 513 g/mol. The first-order valence-electron chi connectivity index (χ1n) is 13.1. The molecule has 0 aliphatic carbocycles. The van der Waals surface area contributed by atoms with Crippen molar-refractivity contribution in [2.24, 2.45) is 13.0 Å². The van der Waals surface area contributed by atoms with Crippen molar-refractivity contribution in [2.75, 3.05) is 68.8 Å². The third-order valence-corrected chi connectivity index (χ3v) is 7.64. The van der Waals surface area contributed by atoms with Gasteiger partial charge in [-0.15, -0.1) is 0 Å². The Morgan fingerprint density at radius 1 is 1.10 bits per heavy atom. The van der Waals surface area contributed by atoms with E-state index in [1.165, 1.54) is 9.58 Å². The highest BCUT2D eigenvalue weighted by Crippen LogP contribution is 2.34. The lowest BCUT2D eigenvalue weighted by Crippen LogP contribution is -2.49. The summed E-state index contributed by atoms with van der Waals surface area (Å²) in [6.07, 6.45) is 1.21. The molecule has 0 bridgehead atoms. The van der Waals surface area contributed by atoms with Gasteiger partial charge < -0.3 is 19.6 Å². The lowest BCUT2D eigenvalue weighted by atomic mass is 9.96. The molecule has 4 heterocycles. The zero-order chi connectivity index (χ0) is 27.7. The first-order valence-corrected chi connectivity index (χ1v) is 13.1. The van der Waals surface area contributed by atoms with Crippen LogP contribution in [0.15, 0.2) is 12.1 Å². The number of halogens is 1. The predicted molar refractivity (Wildman–Crippen MR) is 138 cm³/mol. The van der Waals surface area contributed by atoms with E-state index >= 15 is 4.39 Å². The molecule has 0 unspecified atom stereocenters. The predicted octanol–water partition coefficient (Wildman–Crippen LogP) is 1.21. The van der Waals surface area contributed by atoms with E-state index in [4.69, 9.17) is 9.84 Å². The number of aliphatic carboxylic acids is 1. The van der Waals surface area contributed by atoms with Gasteiger partial charge in [-0.05, 0) is 30.9 Å². The number of aryl methyl sites for hydroxylation is 1. The van der Waals surface area contributed by atoms with Crippen molar-refractivity contribution < 1.29 is 33.4 Å². The highest BCUT2D eigenvalue weighted by atomic mass is 19.1. The molecule has 5 rings (SSSR count). The maximum atomic E-state index is 15.8. The van der Waals surface area contributed by atoms with Gasteiger partial charge in [-0.1, -0.05) is 0 Å². The lowest BCUT2D eigenvalue weighted by Gasteiger charge is -2.39. The molecule has 0 saturated carbocycles. The van der Waals surface area contributed by atoms with Gasteiger partial charge in [0.15, 0.2) is 18.2 Å². The number of rotatable bonds is 6. The van der Waals surface area contributed by atoms with Crippen molar-refractivity contribution in [1.29, 1.82) is 0 Å². The van der Waals surface area contributed by atoms with Crippen molar-refractivity contribution in [3.05, 3.63) is 17.9 Å². The van der Waals surface area contributed by atoms with Crippen LogP contribution in [-0.2, 0) is 21.4 Å². The number of carbonyl (C=O) groups excluding carboxylic acids is 3. The summed E-state index contributed by atoms with van der Waals surface area (Å²) in [6.45, 7) is 4.39. The normalized spacial score (nSPS) is 19.5. The maximum absolute atomic E-state index is 15.8. The lowest BCUT2D eigenvalue weighted by molar-refractivity contribution is -0.140. The molecule has 2 N–H and O–H groups in total. The highest BCUT2D eigenvalue weighted by molar-refractivity contribution is 6.09. The summed E-state index contributed by atoms with van der Waals surface area (Å²) in [5.41, 5.74) is 0.798. The fourth-order valence-corrected chi connectivity index (χ4v) is 5.56. The van der Waals surface area contributed by atoms with Crippen LogP contribution in [0.1, 0.15) is 19.3 Å². The van der Waals surface area contributed by atoms with Crippen LogP contribution in [0.3, 0.4) is 0 Å². The Bertz CT molecular complexity index is 1280. The molecule has 3 saturated heterocycles. The molecule has 39 heavy (non-hydrogen) atoms. The van der Waals surface area contributed by atoms with E-state index in [-0.39, 0.29) is 18.9 Å². The second-order valence-electron chi connectivity index (χ2n) is 10.2. The van der Waals surface area contributed by atoms with Crippen molar-refractivity contribution in [3.8, 4) is 0 Å². The minimum Gasteiger partial charge on any atom is -0.479 e. The van der Waals surface area contributed by atoms with E-state index < -0.39 is 30.5 Å². The summed E-state index contributed by atoms with van der Waals surface area (Å²) in [5.74, 6) is -1.16. The Morgan fingerprint density at radius 2 is 1.82 bits per heavy atom. The van der Waals surface area contributed by atoms with E-state index in [0.717, 1.165) is 32.5 Å². The summed E-state index contributed by atoms with van der Waals surface area (Å²) in [5, 5.41) is 15.8. The number of carboxylic acids is 1. The van der Waals surface area contributed by atoms with Crippen molar-refractivity contribution in [3.63, 3.8) is 0 Å². The van der Waals surface area contributed by atoms with Gasteiger partial charge in [0.2, 0.25) is 5.91 Å². The molecule has 13 nitrogen and oxygen atoms in total. The van der Waals surface area contributed by atoms with Gasteiger partial charge >= 0.3 is 18.1 Å². The summed E-state index contributed by atoms with van der Waals surface area (Å²) in [6, 6.07) is 2.95. The van der Waals surface area contributed by atoms with Crippen LogP contribution in [0.5, 0.6) is 0 Å². The number of piperidine rings is 1. The quantitative estimate of drug-likeness (QED) is 0.548. The molecule has 14 heteroatoms. The van der Waals surface area contributed by atoms with Crippen LogP contribution in [0.25, 0.3) is 10.9 Å². The number of benzene rings is 1. The Morgan fingerprint density at radius 3 is 2.49 bits per heavy atom. The minimum atomic E-state index is -1.17. The number of nitrogens with one attached hydrogen (secondary N) is 1. The van der Waals surface area contributed by atoms with Gasteiger partial charge in [0, 0.05) is 71.2 Å². The van der Waals surface area contributed by atoms with Crippen molar-refractivity contribution in [1.82, 2.24) is 24.9 Å². The largest absolute Gasteiger partial charge is 0.479 e. The minimum absolute atomic E-state index is 0.160. The molecule has 4 amide bonds. The number of aromatic nitrogens is 2. The standard InChI is InChI=1S/C25H32FN7O6/c1-29-22-17(23(28-29)33-9-6-19(34)27-24(33)37)2-3-18(21(22)26)31-12-10-30(11-13-31)14-16-4-7-32(8-5-16)25(38)39-15-20(35)36/h2-3,16H,4-15H2,1H3,(H,35,36)(H,27,34,37). The Hall–Kier alpha value is -3.94. The van der Waals surface area contributed by atoms with Crippen LogP contribution >= 0.6 is 0 Å². The molecule has 0 atom stereocenters. The molecule has 2 aromatic rings. The Balaban J connectivity index is 1.17. The fraction of sp³-hybridized carbons (Fsp3) is 0.560. The first-order chi connectivity index (χ1) is 18.7. The van der Waals surface area contributed by atoms with Crippen molar-refractivity contribution >= 4 is 46.4 Å². The molecule has 1 aromatic carbocycles. The third-order valence-electron chi connectivity index (χ3n) is 7.64. The van der Waals surface area contributed by atoms with Crippen LogP contribution in [0.2, 0.25) is 0 Å². The number of urea groups is 1. The number of likely N-dealkylation sites (tertiary alicyclic amines) is 1. The number of fused-ring (bicyclic) bond motifs is 1. The number of piperazine rings is 1. The van der Waals surface area contributed by atoms with Gasteiger partial charge in [0.25, 0.3) is 0 Å². The number of ether oxygens (including phenoxy) is 1. The number of carboxylic acid groups (broad SMARTS) is 1. The number of amides is 4. The molecule has 0 spiro atoms. The van der Waals surface area contributed by atoms with E-state index in [1.54, 1.807) is 24.1 Å². The number of imide groups is 1. The average Bonchev–Trinajstić information content (AvgIpc) is 3.25. The van der Waals surface area contributed by atoms with Gasteiger partial charge in [-0.3, -0.25) is 24.6 Å². The van der Waals surface area contributed by atoms with Crippen LogP contribution in [0.4, 0.5) is 25.5 Å². The van der Waals surface area contributed by atoms with Gasteiger partial charge in [0.05, 0.1) is 5.69 Å². The van der Waals surface area contributed by atoms with E-state index in [9.17, 15) is 19.2 Å². The van der Waals surface area contributed by atoms with Crippen LogP contribution in [-0.4, -0.2) is 108 Å². The summed E-state index contributed by atoms with van der Waals surface area (Å²) < 4.78 is 22.0. The Labute approximate surface area is 224 Å². The molecule has 3 fully saturated rings. The van der Waals surface area contributed by atoms with E-state index in [1.807, 2.05) is 4.90 Å². The molecular formula is C25H32FN7O6. The average molecular weight is 546 g/mol. The van der Waals surface area contributed by atoms with Crippen LogP contribution < -0.4 is 15.1 Å². The second kappa shape index (κ2) is 11.0. The number of hydrogen-bond donors (Lipinski definition) is 2. The summed E-state index contributed by atoms with van der Waals surface area (Å²) >= 11 is 0. The zero-order valence-corrected chi connectivity index (χ0v) is 21.8. The number of hydrogen-bond acceptors (Lipinski definition) is 8. The second-order valence-corrected chi connectivity index (χ2v) is 10.2. The van der Waals surface area contributed by atoms with E-state index in [2.05, 4.69) is 15.3 Å². The zero-order valence-electron chi connectivity index (χ0n) is 21.8. The third kappa shape index (κ3) is 5.60. The maximum Gasteiger partial charge on any atom is 0.410 e. The number of nitrogens with zero attached hydrogens (tertiary/aromatic N) is 6. The van der Waals surface area contributed by atoms with Crippen LogP contribution in [0, 0.1) is 11.7 Å². The summed E-state index contributed by atoms with van der Waals surface area (Å²) in [4.78, 5) is 53.7. The molecule has 1 aromatic heterocycles. The smallest absolute Gasteiger partial charge is 0.410 e. The monoisotopic (exact) mass is 545 g/mol. The van der Waals surface area contributed by atoms with Gasteiger partial charge in [-0.25, -0.2) is 18.8 Å². The molecule has 210 valence electrons. The Kier molecular flexibility index (Phi) is 7.55. The first kappa shape index (κ1) is 26.7. The number of anilines is 2. The SMILES string of the molecule is Cn1nc(N2CCC(=O)NC2=O)c2ccc(N3CCN(CC4CCN(C(=O)OCC(=O)O)CC4)CC3)c(F)c21. The molecule has 3 aliphatic rings. The number of carbonyl (C=O) groups is 4.